The lowest BCUT2D eigenvalue weighted by atomic mass is 10.0. The van der Waals surface area contributed by atoms with Gasteiger partial charge < -0.3 is 25.2 Å². The van der Waals surface area contributed by atoms with E-state index in [0.29, 0.717) is 28.6 Å². The van der Waals surface area contributed by atoms with Crippen LogP contribution in [-0.4, -0.2) is 116 Å². The summed E-state index contributed by atoms with van der Waals surface area (Å²) in [6.07, 6.45) is 7.24. The Morgan fingerprint density at radius 3 is 2.40 bits per heavy atom. The molecule has 0 saturated carbocycles. The van der Waals surface area contributed by atoms with Gasteiger partial charge in [0.1, 0.15) is 22.7 Å². The maximum atomic E-state index is 15.1. The molecular weight excluding hydrogens is 625 g/mol. The van der Waals surface area contributed by atoms with Gasteiger partial charge in [-0.3, -0.25) is 19.2 Å². The van der Waals surface area contributed by atoms with Crippen LogP contribution in [0.25, 0.3) is 11.0 Å². The van der Waals surface area contributed by atoms with Crippen molar-refractivity contribution in [2.75, 3.05) is 86.6 Å². The highest BCUT2D eigenvalue weighted by Crippen LogP contribution is 2.36. The summed E-state index contributed by atoms with van der Waals surface area (Å²) in [5.41, 5.74) is 2.76. The number of halogens is 1. The molecule has 2 fully saturated rings. The van der Waals surface area contributed by atoms with Crippen LogP contribution < -0.4 is 24.6 Å². The quantitative estimate of drug-likeness (QED) is 0.270. The molecule has 0 unspecified atom stereocenters. The Morgan fingerprint density at radius 1 is 0.979 bits per heavy atom. The molecule has 4 aromatic rings. The zero-order valence-electron chi connectivity index (χ0n) is 27.2. The highest BCUT2D eigenvalue weighted by molar-refractivity contribution is 7.92. The van der Waals surface area contributed by atoms with Crippen LogP contribution in [0.2, 0.25) is 0 Å². The lowest BCUT2D eigenvalue weighted by Gasteiger charge is -2.42. The summed E-state index contributed by atoms with van der Waals surface area (Å²) in [4.78, 5) is 29.3. The minimum atomic E-state index is -3.70. The van der Waals surface area contributed by atoms with Crippen molar-refractivity contribution in [2.24, 2.45) is 0 Å². The van der Waals surface area contributed by atoms with Gasteiger partial charge in [-0.2, -0.15) is 9.97 Å². The molecule has 0 radical (unpaired) electrons. The van der Waals surface area contributed by atoms with Crippen molar-refractivity contribution in [3.63, 3.8) is 0 Å². The Bertz CT molecular complexity index is 1860. The molecule has 2 aliphatic rings. The van der Waals surface area contributed by atoms with Gasteiger partial charge in [-0.25, -0.2) is 17.8 Å². The van der Waals surface area contributed by atoms with E-state index < -0.39 is 15.8 Å². The van der Waals surface area contributed by atoms with Crippen molar-refractivity contribution >= 4 is 55.7 Å². The number of piperidine rings is 1. The molecule has 0 atom stereocenters. The number of benzene rings is 1. The van der Waals surface area contributed by atoms with Crippen LogP contribution in [0.1, 0.15) is 18.4 Å². The van der Waals surface area contributed by atoms with Gasteiger partial charge in [-0.15, -0.1) is 0 Å². The predicted molar refractivity (Wildman–Crippen MR) is 181 cm³/mol. The van der Waals surface area contributed by atoms with Crippen molar-refractivity contribution in [3.05, 3.63) is 48.2 Å². The van der Waals surface area contributed by atoms with Gasteiger partial charge in [-0.05, 0) is 50.6 Å². The summed E-state index contributed by atoms with van der Waals surface area (Å²) in [6, 6.07) is 5.78. The molecule has 16 heteroatoms. The molecule has 0 aliphatic carbocycles. The molecule has 47 heavy (non-hydrogen) atoms. The summed E-state index contributed by atoms with van der Waals surface area (Å²) in [5, 5.41) is 6.05. The minimum absolute atomic E-state index is 0.0905. The molecule has 6 rings (SSSR count). The van der Waals surface area contributed by atoms with E-state index in [-0.39, 0.29) is 23.1 Å². The van der Waals surface area contributed by atoms with Crippen molar-refractivity contribution in [2.45, 2.75) is 25.8 Å². The van der Waals surface area contributed by atoms with Crippen LogP contribution in [0.3, 0.4) is 0 Å². The standard InChI is InChI=1S/C31H40FN11O3S/c1-20-18-25(30(46-4)39-29(20)43-12-8-21(9-13-43)42-16-14-40(2)15-17-42)37-31-35-19-22(32)28(38-31)36-24-7-6-23-26(34-11-10-33-23)27(24)41(3)47(5,44)45/h6-7,10-11,18-19,21H,8-9,12-17H2,1-5H3,(H2,35,36,37,38). The molecule has 0 amide bonds. The molecule has 3 aromatic heterocycles. The Balaban J connectivity index is 1.22. The molecule has 1 aromatic carbocycles. The first-order valence-corrected chi connectivity index (χ1v) is 17.3. The Kier molecular flexibility index (Phi) is 9.25. The zero-order valence-corrected chi connectivity index (χ0v) is 28.1. The average Bonchev–Trinajstić information content (AvgIpc) is 3.06. The lowest BCUT2D eigenvalue weighted by molar-refractivity contribution is 0.0981. The van der Waals surface area contributed by atoms with Crippen LogP contribution in [0.5, 0.6) is 5.88 Å². The summed E-state index contributed by atoms with van der Waals surface area (Å²) in [7, 11) is 1.43. The first kappa shape index (κ1) is 32.5. The van der Waals surface area contributed by atoms with E-state index in [9.17, 15) is 8.42 Å². The van der Waals surface area contributed by atoms with Gasteiger partial charge in [-0.1, -0.05) is 0 Å². The first-order chi connectivity index (χ1) is 22.5. The summed E-state index contributed by atoms with van der Waals surface area (Å²) < 4.78 is 46.9. The fraction of sp³-hybridized carbons (Fsp3) is 0.452. The Morgan fingerprint density at radius 2 is 1.70 bits per heavy atom. The van der Waals surface area contributed by atoms with Crippen LogP contribution in [-0.2, 0) is 10.0 Å². The second-order valence-corrected chi connectivity index (χ2v) is 14.0. The lowest BCUT2D eigenvalue weighted by Crippen LogP contribution is -2.52. The third kappa shape index (κ3) is 6.99. The number of sulfonamides is 1. The number of likely N-dealkylation sites (N-methyl/N-ethyl adjacent to an activating group) is 1. The fourth-order valence-corrected chi connectivity index (χ4v) is 6.67. The number of nitrogens with zero attached hydrogens (tertiary/aromatic N) is 9. The van der Waals surface area contributed by atoms with E-state index in [2.05, 4.69) is 52.3 Å². The number of hydrogen-bond donors (Lipinski definition) is 2. The Labute approximate surface area is 274 Å². The Hall–Kier alpha value is -4.41. The van der Waals surface area contributed by atoms with Crippen LogP contribution in [0.4, 0.5) is 39.0 Å². The van der Waals surface area contributed by atoms with Gasteiger partial charge in [0, 0.05) is 64.8 Å². The van der Waals surface area contributed by atoms with E-state index in [1.807, 2.05) is 13.0 Å². The summed E-state index contributed by atoms with van der Waals surface area (Å²) in [6.45, 7) is 8.28. The van der Waals surface area contributed by atoms with Crippen LogP contribution in [0, 0.1) is 12.7 Å². The van der Waals surface area contributed by atoms with E-state index in [4.69, 9.17) is 9.72 Å². The van der Waals surface area contributed by atoms with Gasteiger partial charge in [0.2, 0.25) is 21.9 Å². The molecule has 2 aliphatic heterocycles. The number of aryl methyl sites for hydroxylation is 1. The zero-order chi connectivity index (χ0) is 33.3. The average molecular weight is 666 g/mol. The normalized spacial score (nSPS) is 16.8. The van der Waals surface area contributed by atoms with Gasteiger partial charge in [0.25, 0.3) is 0 Å². The highest BCUT2D eigenvalue weighted by atomic mass is 32.2. The first-order valence-electron chi connectivity index (χ1n) is 15.5. The SMILES string of the molecule is COc1nc(N2CCC(N3CCN(C)CC3)CC2)c(C)cc1Nc1ncc(F)c(Nc2ccc3nccnc3c2N(C)S(C)(=O)=O)n1. The third-order valence-electron chi connectivity index (χ3n) is 8.83. The van der Waals surface area contributed by atoms with Crippen molar-refractivity contribution in [3.8, 4) is 5.88 Å². The molecule has 5 heterocycles. The molecule has 0 spiro atoms. The third-order valence-corrected chi connectivity index (χ3v) is 10.0. The van der Waals surface area contributed by atoms with Gasteiger partial charge in [0.05, 0.1) is 30.8 Å². The molecular formula is C31H40FN11O3S. The maximum Gasteiger partial charge on any atom is 0.239 e. The molecule has 14 nitrogen and oxygen atoms in total. The number of piperazine rings is 1. The number of methoxy groups -OCH3 is 1. The molecule has 2 saturated heterocycles. The van der Waals surface area contributed by atoms with Gasteiger partial charge >= 0.3 is 0 Å². The number of rotatable bonds is 9. The second kappa shape index (κ2) is 13.4. The number of anilines is 6. The monoisotopic (exact) mass is 665 g/mol. The number of fused-ring (bicyclic) bond motifs is 1. The topological polar surface area (TPSA) is 145 Å². The summed E-state index contributed by atoms with van der Waals surface area (Å²) in [5.74, 6) is 0.414. The molecule has 2 N–H and O–H groups in total. The smallest absolute Gasteiger partial charge is 0.239 e. The van der Waals surface area contributed by atoms with Crippen LogP contribution in [0.15, 0.2) is 36.8 Å². The highest BCUT2D eigenvalue weighted by Gasteiger charge is 2.28. The second-order valence-electron chi connectivity index (χ2n) is 12.0. The number of ether oxygens (including phenoxy) is 1. The van der Waals surface area contributed by atoms with Crippen molar-refractivity contribution in [1.29, 1.82) is 0 Å². The van der Waals surface area contributed by atoms with Crippen LogP contribution >= 0.6 is 0 Å². The van der Waals surface area contributed by atoms with Gasteiger partial charge in [0.15, 0.2) is 11.6 Å². The van der Waals surface area contributed by atoms with Crippen molar-refractivity contribution in [1.82, 2.24) is 34.7 Å². The van der Waals surface area contributed by atoms with E-state index in [1.54, 1.807) is 19.2 Å². The van der Waals surface area contributed by atoms with E-state index in [1.165, 1.54) is 19.4 Å². The number of hydrogen-bond acceptors (Lipinski definition) is 13. The number of aromatic nitrogens is 5. The molecule has 0 bridgehead atoms. The number of nitrogens with one attached hydrogen (secondary N) is 2. The maximum absolute atomic E-state index is 15.1. The molecule has 250 valence electrons. The summed E-state index contributed by atoms with van der Waals surface area (Å²) >= 11 is 0. The fourth-order valence-electron chi connectivity index (χ4n) is 6.15. The largest absolute Gasteiger partial charge is 0.479 e. The minimum Gasteiger partial charge on any atom is -0.479 e. The van der Waals surface area contributed by atoms with Crippen molar-refractivity contribution < 1.29 is 17.5 Å². The predicted octanol–water partition coefficient (Wildman–Crippen LogP) is 3.37. The van der Waals surface area contributed by atoms with E-state index in [0.717, 1.165) is 80.2 Å². The number of pyridine rings is 1. The van der Waals surface area contributed by atoms with E-state index >= 15 is 4.39 Å².